The lowest BCUT2D eigenvalue weighted by molar-refractivity contribution is 0.174. The molecule has 0 fully saturated rings. The van der Waals surface area contributed by atoms with Crippen LogP contribution in [-0.2, 0) is 6.54 Å². The van der Waals surface area contributed by atoms with Gasteiger partial charge in [-0.3, -0.25) is 0 Å². The quantitative estimate of drug-likeness (QED) is 0.852. The molecule has 1 aliphatic rings. The molecule has 0 unspecified atom stereocenters. The molecule has 16 heavy (non-hydrogen) atoms. The summed E-state index contributed by atoms with van der Waals surface area (Å²) in [6.45, 7) is 4.36. The van der Waals surface area contributed by atoms with Crippen LogP contribution < -0.4 is 14.8 Å². The predicted molar refractivity (Wildman–Crippen MR) is 59.5 cm³/mol. The third kappa shape index (κ3) is 2.85. The van der Waals surface area contributed by atoms with Gasteiger partial charge in [0.2, 0.25) is 6.79 Å². The zero-order valence-corrected chi connectivity index (χ0v) is 9.55. The van der Waals surface area contributed by atoms with Gasteiger partial charge in [-0.25, -0.2) is 4.39 Å². The standard InChI is InChI=1S/C12H16FNO2/c1-12(2,13)7-14-6-9-3-4-10-11(5-9)16-8-15-10/h3-5,14H,6-8H2,1-2H3. The first kappa shape index (κ1) is 11.2. The van der Waals surface area contributed by atoms with Crippen molar-refractivity contribution in [3.05, 3.63) is 23.8 Å². The minimum atomic E-state index is -1.18. The van der Waals surface area contributed by atoms with Crippen LogP contribution in [0.15, 0.2) is 18.2 Å². The molecule has 88 valence electrons. The van der Waals surface area contributed by atoms with Gasteiger partial charge in [-0.15, -0.1) is 0 Å². The number of fused-ring (bicyclic) bond motifs is 1. The first-order chi connectivity index (χ1) is 7.54. The number of hydrogen-bond donors (Lipinski definition) is 1. The van der Waals surface area contributed by atoms with E-state index in [4.69, 9.17) is 9.47 Å². The molecule has 1 aromatic rings. The minimum absolute atomic E-state index is 0.281. The summed E-state index contributed by atoms with van der Waals surface area (Å²) in [4.78, 5) is 0. The van der Waals surface area contributed by atoms with Gasteiger partial charge in [-0.2, -0.15) is 0 Å². The second-order valence-corrected chi connectivity index (χ2v) is 4.51. The Morgan fingerprint density at radius 1 is 1.31 bits per heavy atom. The monoisotopic (exact) mass is 225 g/mol. The number of alkyl halides is 1. The lowest BCUT2D eigenvalue weighted by Gasteiger charge is -2.14. The first-order valence-corrected chi connectivity index (χ1v) is 5.33. The molecular weight excluding hydrogens is 209 g/mol. The first-order valence-electron chi connectivity index (χ1n) is 5.33. The summed E-state index contributed by atoms with van der Waals surface area (Å²) in [6.07, 6.45) is 0. The number of ether oxygens (including phenoxy) is 2. The van der Waals surface area contributed by atoms with Gasteiger partial charge in [0, 0.05) is 13.1 Å². The van der Waals surface area contributed by atoms with E-state index in [0.717, 1.165) is 17.1 Å². The Bertz CT molecular complexity index is 374. The highest BCUT2D eigenvalue weighted by Gasteiger charge is 2.15. The second-order valence-electron chi connectivity index (χ2n) is 4.51. The predicted octanol–water partition coefficient (Wildman–Crippen LogP) is 2.25. The van der Waals surface area contributed by atoms with Gasteiger partial charge >= 0.3 is 0 Å². The Kier molecular flexibility index (Phi) is 3.01. The summed E-state index contributed by atoms with van der Waals surface area (Å²) >= 11 is 0. The van der Waals surface area contributed by atoms with Crippen molar-refractivity contribution in [3.63, 3.8) is 0 Å². The van der Waals surface area contributed by atoms with Crippen LogP contribution in [0.1, 0.15) is 19.4 Å². The SMILES string of the molecule is CC(C)(F)CNCc1ccc2c(c1)OCO2. The van der Waals surface area contributed by atoms with Gasteiger partial charge < -0.3 is 14.8 Å². The van der Waals surface area contributed by atoms with Gasteiger partial charge in [0.15, 0.2) is 11.5 Å². The second kappa shape index (κ2) is 4.29. The van der Waals surface area contributed by atoms with Gasteiger partial charge in [0.05, 0.1) is 0 Å². The van der Waals surface area contributed by atoms with Crippen molar-refractivity contribution < 1.29 is 13.9 Å². The maximum Gasteiger partial charge on any atom is 0.231 e. The average molecular weight is 225 g/mol. The lowest BCUT2D eigenvalue weighted by atomic mass is 10.1. The van der Waals surface area contributed by atoms with Crippen LogP contribution >= 0.6 is 0 Å². The molecule has 1 aliphatic heterocycles. The van der Waals surface area contributed by atoms with Crippen LogP contribution in [0.3, 0.4) is 0 Å². The van der Waals surface area contributed by atoms with Crippen molar-refractivity contribution in [1.82, 2.24) is 5.32 Å². The molecule has 1 heterocycles. The van der Waals surface area contributed by atoms with Crippen molar-refractivity contribution in [2.24, 2.45) is 0 Å². The number of hydrogen-bond acceptors (Lipinski definition) is 3. The van der Waals surface area contributed by atoms with Gasteiger partial charge in [-0.1, -0.05) is 6.07 Å². The van der Waals surface area contributed by atoms with Crippen molar-refractivity contribution in [2.75, 3.05) is 13.3 Å². The van der Waals surface area contributed by atoms with Crippen LogP contribution in [0.4, 0.5) is 4.39 Å². The number of benzene rings is 1. The summed E-state index contributed by atoms with van der Waals surface area (Å²) in [5.74, 6) is 1.54. The molecule has 3 nitrogen and oxygen atoms in total. The highest BCUT2D eigenvalue weighted by atomic mass is 19.1. The molecule has 1 N–H and O–H groups in total. The molecule has 0 radical (unpaired) electrons. The van der Waals surface area contributed by atoms with Crippen LogP contribution in [0.5, 0.6) is 11.5 Å². The van der Waals surface area contributed by atoms with Gasteiger partial charge in [0.1, 0.15) is 5.67 Å². The van der Waals surface area contributed by atoms with E-state index in [1.54, 1.807) is 13.8 Å². The zero-order valence-electron chi connectivity index (χ0n) is 9.55. The maximum absolute atomic E-state index is 13.2. The van der Waals surface area contributed by atoms with E-state index < -0.39 is 5.67 Å². The van der Waals surface area contributed by atoms with E-state index in [9.17, 15) is 4.39 Å². The van der Waals surface area contributed by atoms with Crippen molar-refractivity contribution in [1.29, 1.82) is 0 Å². The molecule has 2 rings (SSSR count). The highest BCUT2D eigenvalue weighted by molar-refractivity contribution is 5.44. The Balaban J connectivity index is 1.91. The van der Waals surface area contributed by atoms with Crippen molar-refractivity contribution in [2.45, 2.75) is 26.1 Å². The van der Waals surface area contributed by atoms with Gasteiger partial charge in [-0.05, 0) is 31.5 Å². The molecular formula is C12H16FNO2. The fourth-order valence-electron chi connectivity index (χ4n) is 1.55. The summed E-state index contributed by atoms with van der Waals surface area (Å²) in [6, 6.07) is 5.74. The lowest BCUT2D eigenvalue weighted by Crippen LogP contribution is -2.30. The summed E-state index contributed by atoms with van der Waals surface area (Å²) in [5, 5.41) is 3.06. The molecule has 0 aliphatic carbocycles. The van der Waals surface area contributed by atoms with E-state index in [1.807, 2.05) is 18.2 Å². The molecule has 0 amide bonds. The zero-order chi connectivity index (χ0) is 11.6. The van der Waals surface area contributed by atoms with Crippen LogP contribution in [-0.4, -0.2) is 19.0 Å². The Morgan fingerprint density at radius 2 is 2.06 bits per heavy atom. The molecule has 0 aromatic heterocycles. The topological polar surface area (TPSA) is 30.5 Å². The van der Waals surface area contributed by atoms with Crippen LogP contribution in [0, 0.1) is 0 Å². The molecule has 0 atom stereocenters. The van der Waals surface area contributed by atoms with Crippen molar-refractivity contribution >= 4 is 0 Å². The summed E-state index contributed by atoms with van der Waals surface area (Å²) in [7, 11) is 0. The van der Waals surface area contributed by atoms with Crippen LogP contribution in [0.25, 0.3) is 0 Å². The van der Waals surface area contributed by atoms with Gasteiger partial charge in [0.25, 0.3) is 0 Å². The minimum Gasteiger partial charge on any atom is -0.454 e. The Hall–Kier alpha value is -1.29. The molecule has 0 saturated carbocycles. The Labute approximate surface area is 94.6 Å². The fraction of sp³-hybridized carbons (Fsp3) is 0.500. The summed E-state index contributed by atoms with van der Waals surface area (Å²) < 4.78 is 23.7. The fourth-order valence-corrected chi connectivity index (χ4v) is 1.55. The normalized spacial score (nSPS) is 14.2. The number of rotatable bonds is 4. The van der Waals surface area contributed by atoms with Crippen LogP contribution in [0.2, 0.25) is 0 Å². The van der Waals surface area contributed by atoms with Crippen molar-refractivity contribution in [3.8, 4) is 11.5 Å². The Morgan fingerprint density at radius 3 is 2.81 bits per heavy atom. The average Bonchev–Trinajstić information content (AvgIpc) is 2.62. The molecule has 1 aromatic carbocycles. The third-order valence-electron chi connectivity index (χ3n) is 2.31. The number of nitrogens with one attached hydrogen (secondary N) is 1. The smallest absolute Gasteiger partial charge is 0.231 e. The van der Waals surface area contributed by atoms with E-state index in [2.05, 4.69) is 5.32 Å². The summed E-state index contributed by atoms with van der Waals surface area (Å²) in [5.41, 5.74) is -0.121. The van der Waals surface area contributed by atoms with E-state index in [0.29, 0.717) is 13.1 Å². The third-order valence-corrected chi connectivity index (χ3v) is 2.31. The largest absolute Gasteiger partial charge is 0.454 e. The molecule has 0 saturated heterocycles. The van der Waals surface area contributed by atoms with E-state index in [1.165, 1.54) is 0 Å². The number of halogens is 1. The molecule has 0 bridgehead atoms. The highest BCUT2D eigenvalue weighted by Crippen LogP contribution is 2.32. The maximum atomic E-state index is 13.2. The van der Waals surface area contributed by atoms with E-state index in [-0.39, 0.29) is 6.79 Å². The van der Waals surface area contributed by atoms with E-state index >= 15 is 0 Å². The molecule has 0 spiro atoms. The molecule has 4 heteroatoms.